The highest BCUT2D eigenvalue weighted by molar-refractivity contribution is 7.90. The van der Waals surface area contributed by atoms with Crippen molar-refractivity contribution in [3.05, 3.63) is 113 Å². The van der Waals surface area contributed by atoms with Crippen molar-refractivity contribution in [3.8, 4) is 0 Å². The number of hydrogen-bond acceptors (Lipinski definition) is 9. The number of fused-ring (bicyclic) bond motifs is 3. The first-order valence-corrected chi connectivity index (χ1v) is 25.3. The van der Waals surface area contributed by atoms with E-state index in [4.69, 9.17) is 0 Å². The summed E-state index contributed by atoms with van der Waals surface area (Å²) in [6.07, 6.45) is 0. The van der Waals surface area contributed by atoms with Crippen LogP contribution in [0.1, 0.15) is 174 Å². The van der Waals surface area contributed by atoms with Gasteiger partial charge in [-0.05, 0) is 91.8 Å². The summed E-state index contributed by atoms with van der Waals surface area (Å²) >= 11 is 0. The Morgan fingerprint density at radius 3 is 1.27 bits per heavy atom. The lowest BCUT2D eigenvalue weighted by molar-refractivity contribution is -0.139. The van der Waals surface area contributed by atoms with Crippen LogP contribution in [0.25, 0.3) is 10.9 Å². The maximum Gasteiger partial charge on any atom is 0.268 e. The average molecular weight is 994 g/mol. The molecule has 14 nitrogen and oxygen atoms in total. The van der Waals surface area contributed by atoms with Crippen molar-refractivity contribution in [2.75, 3.05) is 19.6 Å². The van der Waals surface area contributed by atoms with Crippen LogP contribution in [0.3, 0.4) is 0 Å². The topological polar surface area (TPSA) is 165 Å². The minimum Gasteiger partial charge on any atom is -0.282 e. The fourth-order valence-electron chi connectivity index (χ4n) is 6.94. The van der Waals surface area contributed by atoms with Gasteiger partial charge in [-0.25, -0.2) is 12.7 Å². The number of likely N-dealkylation sites (tertiary alicyclic amines) is 1. The molecule has 0 aliphatic carbocycles. The van der Waals surface area contributed by atoms with Gasteiger partial charge in [0, 0.05) is 55.6 Å². The number of carbonyl (C=O) groups is 5. The number of aromatic nitrogens is 4. The molecule has 0 spiro atoms. The fraction of sp³-hybridized carbons (Fsp3) is 0.509. The molecule has 5 amide bonds. The van der Waals surface area contributed by atoms with Crippen LogP contribution in [0, 0.1) is 32.6 Å². The molecule has 0 N–H and O–H groups in total. The summed E-state index contributed by atoms with van der Waals surface area (Å²) in [5.41, 5.74) is 6.02. The Hall–Kier alpha value is -5.96. The van der Waals surface area contributed by atoms with Gasteiger partial charge in [0.1, 0.15) is 4.90 Å². The molecular formula is C55H91N7O7S. The molecule has 3 aliphatic heterocycles. The lowest BCUT2D eigenvalue weighted by Crippen LogP contribution is -2.30. The Morgan fingerprint density at radius 2 is 0.914 bits per heavy atom. The Bertz CT molecular complexity index is 2400. The normalized spacial score (nSPS) is 14.9. The number of hydrogen-bond donors (Lipinski definition) is 0. The highest BCUT2D eigenvalue weighted by Gasteiger charge is 2.41. The SMILES string of the molecule is C.C.C.CC.CC.CC.CC.CCN1C(=O)C(C)C(C)C1=O.CCN1C(=O)c2ccccc2C1=O.CCN1C(=O)c2ccccc2S1(=O)=O.CCn1nc(C)c2ccccc21.CCn1nc(C)cc1C. The first-order valence-electron chi connectivity index (χ1n) is 23.9. The summed E-state index contributed by atoms with van der Waals surface area (Å²) < 4.78 is 28.4. The third-order valence-electron chi connectivity index (χ3n) is 10.3. The van der Waals surface area contributed by atoms with Gasteiger partial charge in [0.15, 0.2) is 0 Å². The lowest BCUT2D eigenvalue weighted by atomic mass is 10.00. The van der Waals surface area contributed by atoms with E-state index >= 15 is 0 Å². The van der Waals surface area contributed by atoms with Gasteiger partial charge < -0.3 is 0 Å². The second kappa shape index (κ2) is 35.2. The van der Waals surface area contributed by atoms with Crippen LogP contribution in [0.15, 0.2) is 83.8 Å². The number of benzene rings is 3. The maximum absolute atomic E-state index is 11.7. The molecule has 5 heterocycles. The molecule has 1 saturated heterocycles. The number of imide groups is 2. The van der Waals surface area contributed by atoms with Crippen molar-refractivity contribution in [1.29, 1.82) is 0 Å². The second-order valence-corrected chi connectivity index (χ2v) is 15.9. The van der Waals surface area contributed by atoms with E-state index in [9.17, 15) is 32.4 Å². The van der Waals surface area contributed by atoms with Crippen LogP contribution in [0.2, 0.25) is 0 Å². The summed E-state index contributed by atoms with van der Waals surface area (Å²) in [7, 11) is -3.56. The lowest BCUT2D eigenvalue weighted by Gasteiger charge is -2.10. The molecule has 8 rings (SSSR count). The standard InChI is InChI=1S/C10H12N2.C10H9NO2.C9H9NO3S.C8H13NO2.C7H12N2.4C2H6.3CH4/c1-3-12-10-7-5-4-6-9(10)8(2)11-12;1-2-11-9(12)7-5-3-4-6-8(7)10(11)13;1-2-10-9(11)7-5-3-4-6-8(7)14(10,12)13;1-4-9-7(10)5(2)6(3)8(9)11;1-4-9-7(3)5-6(2)8-9;4*1-2;;;/h4-7H,3H2,1-2H3;3-6H,2H2,1H3;3-6H,2H2,1H3;5-6H,4H2,1-3H3;5H,4H2,1-3H3;4*1-2H3;3*1H4. The van der Waals surface area contributed by atoms with Crippen LogP contribution < -0.4 is 0 Å². The Kier molecular flexibility index (Phi) is 35.5. The first-order chi connectivity index (χ1) is 32.0. The summed E-state index contributed by atoms with van der Waals surface area (Å²) in [4.78, 5) is 59.9. The molecule has 0 radical (unpaired) electrons. The van der Waals surface area contributed by atoms with E-state index in [0.29, 0.717) is 24.2 Å². The molecule has 0 bridgehead atoms. The molecule has 2 aromatic heterocycles. The maximum atomic E-state index is 11.7. The number of carbonyl (C=O) groups excluding carboxylic acids is 5. The van der Waals surface area contributed by atoms with Crippen molar-refractivity contribution >= 4 is 50.5 Å². The predicted octanol–water partition coefficient (Wildman–Crippen LogP) is 12.7. The number of rotatable bonds is 5. The minimum absolute atomic E-state index is 0. The van der Waals surface area contributed by atoms with Gasteiger partial charge in [0.2, 0.25) is 11.8 Å². The quantitative estimate of drug-likeness (QED) is 0.156. The molecule has 0 saturated carbocycles. The van der Waals surface area contributed by atoms with Gasteiger partial charge in [-0.1, -0.05) is 134 Å². The van der Waals surface area contributed by atoms with E-state index in [-0.39, 0.29) is 74.7 Å². The molecular weight excluding hydrogens is 903 g/mol. The Balaban J connectivity index is -0.000000373. The van der Waals surface area contributed by atoms with E-state index in [0.717, 1.165) is 28.8 Å². The minimum atomic E-state index is -3.56. The zero-order chi connectivity index (χ0) is 51.8. The third kappa shape index (κ3) is 16.9. The third-order valence-corrected chi connectivity index (χ3v) is 12.2. The van der Waals surface area contributed by atoms with Crippen molar-refractivity contribution in [1.82, 2.24) is 33.7 Å². The highest BCUT2D eigenvalue weighted by atomic mass is 32.2. The molecule has 2 unspecified atom stereocenters. The number of sulfonamides is 1. The van der Waals surface area contributed by atoms with E-state index in [1.165, 1.54) is 38.5 Å². The fourth-order valence-corrected chi connectivity index (χ4v) is 8.52. The summed E-state index contributed by atoms with van der Waals surface area (Å²) in [6.45, 7) is 38.2. The zero-order valence-electron chi connectivity index (χ0n) is 43.6. The van der Waals surface area contributed by atoms with Crippen molar-refractivity contribution in [3.63, 3.8) is 0 Å². The number of para-hydroxylation sites is 1. The van der Waals surface area contributed by atoms with Gasteiger partial charge in [-0.2, -0.15) is 10.2 Å². The predicted molar refractivity (Wildman–Crippen MR) is 292 cm³/mol. The molecule has 394 valence electrons. The second-order valence-electron chi connectivity index (χ2n) is 14.0. The number of nitrogens with zero attached hydrogens (tertiary/aromatic N) is 7. The molecule has 3 aliphatic rings. The van der Waals surface area contributed by atoms with Crippen LogP contribution in [-0.2, 0) is 32.7 Å². The summed E-state index contributed by atoms with van der Waals surface area (Å²) in [5.74, 6) is -1.07. The van der Waals surface area contributed by atoms with Crippen molar-refractivity contribution in [2.45, 2.75) is 165 Å². The summed E-state index contributed by atoms with van der Waals surface area (Å²) in [6, 6.07) is 23.6. The van der Waals surface area contributed by atoms with Crippen LogP contribution >= 0.6 is 0 Å². The summed E-state index contributed by atoms with van der Waals surface area (Å²) in [5, 5.41) is 9.93. The largest absolute Gasteiger partial charge is 0.282 e. The molecule has 5 aromatic rings. The van der Waals surface area contributed by atoms with Gasteiger partial charge >= 0.3 is 0 Å². The monoisotopic (exact) mass is 994 g/mol. The average Bonchev–Trinajstić information content (AvgIpc) is 4.07. The van der Waals surface area contributed by atoms with E-state index < -0.39 is 15.9 Å². The Labute approximate surface area is 423 Å². The van der Waals surface area contributed by atoms with Crippen LogP contribution in [-0.4, -0.2) is 91.3 Å². The molecule has 1 fully saturated rings. The highest BCUT2D eigenvalue weighted by Crippen LogP contribution is 2.29. The Morgan fingerprint density at radius 1 is 0.500 bits per heavy atom. The van der Waals surface area contributed by atoms with Crippen molar-refractivity contribution in [2.24, 2.45) is 11.8 Å². The molecule has 3 aromatic carbocycles. The van der Waals surface area contributed by atoms with Crippen LogP contribution in [0.5, 0.6) is 0 Å². The van der Waals surface area contributed by atoms with E-state index in [1.807, 2.05) is 78.6 Å². The van der Waals surface area contributed by atoms with E-state index in [1.54, 1.807) is 64.1 Å². The van der Waals surface area contributed by atoms with Crippen molar-refractivity contribution < 1.29 is 32.4 Å². The molecule has 70 heavy (non-hydrogen) atoms. The van der Waals surface area contributed by atoms with Gasteiger partial charge in [-0.3, -0.25) is 43.1 Å². The zero-order valence-corrected chi connectivity index (χ0v) is 44.4. The smallest absolute Gasteiger partial charge is 0.268 e. The number of amides is 5. The molecule has 15 heteroatoms. The van der Waals surface area contributed by atoms with E-state index in [2.05, 4.69) is 68.2 Å². The first kappa shape index (κ1) is 70.6. The number of aryl methyl sites for hydroxylation is 5. The molecule has 2 atom stereocenters. The van der Waals surface area contributed by atoms with Gasteiger partial charge in [-0.15, -0.1) is 0 Å². The van der Waals surface area contributed by atoms with Gasteiger partial charge in [0.25, 0.3) is 27.7 Å². The van der Waals surface area contributed by atoms with Gasteiger partial charge in [0.05, 0.1) is 33.6 Å². The van der Waals surface area contributed by atoms with Crippen LogP contribution in [0.4, 0.5) is 0 Å².